The van der Waals surface area contributed by atoms with Gasteiger partial charge in [-0.2, -0.15) is 0 Å². The molecule has 6 nitrogen and oxygen atoms in total. The third-order valence-corrected chi connectivity index (χ3v) is 13.4. The lowest BCUT2D eigenvalue weighted by Gasteiger charge is -2.56. The van der Waals surface area contributed by atoms with E-state index in [9.17, 15) is 0 Å². The summed E-state index contributed by atoms with van der Waals surface area (Å²) in [5, 5.41) is 0. The fourth-order valence-electron chi connectivity index (χ4n) is 13.5. The second-order valence-corrected chi connectivity index (χ2v) is 16.8. The van der Waals surface area contributed by atoms with Crippen LogP contribution in [0.25, 0.3) is 0 Å². The Hall–Kier alpha value is -1.59. The summed E-state index contributed by atoms with van der Waals surface area (Å²) in [4.78, 5) is 14.8. The number of ether oxygens (including phenoxy) is 3. The SMILES string of the molecule is C1C2CC3CC1CC(Oc1nc(OC45CC6CC(CC(C6)C4)C5)nc(OC45CC6CC(CC(C6)C4)C5)n1)(C2)C3. The van der Waals surface area contributed by atoms with Crippen LogP contribution < -0.4 is 14.2 Å². The van der Waals surface area contributed by atoms with Gasteiger partial charge >= 0.3 is 18.0 Å². The first-order chi connectivity index (χ1) is 18.9. The van der Waals surface area contributed by atoms with E-state index in [0.29, 0.717) is 18.0 Å². The molecule has 12 saturated carbocycles. The molecule has 0 aliphatic heterocycles. The Balaban J connectivity index is 0.985. The first-order valence-electron chi connectivity index (χ1n) is 16.8. The van der Waals surface area contributed by atoms with E-state index in [1.807, 2.05) is 0 Å². The first kappa shape index (κ1) is 23.0. The van der Waals surface area contributed by atoms with E-state index >= 15 is 0 Å². The zero-order valence-electron chi connectivity index (χ0n) is 23.5. The minimum absolute atomic E-state index is 0.0913. The van der Waals surface area contributed by atoms with E-state index in [1.165, 1.54) is 116 Å². The quantitative estimate of drug-likeness (QED) is 0.397. The molecule has 6 heteroatoms. The van der Waals surface area contributed by atoms with Crippen molar-refractivity contribution in [2.45, 2.75) is 132 Å². The second-order valence-electron chi connectivity index (χ2n) is 16.8. The van der Waals surface area contributed by atoms with Crippen LogP contribution in [0.15, 0.2) is 0 Å². The van der Waals surface area contributed by atoms with Crippen LogP contribution in [0.4, 0.5) is 0 Å². The van der Waals surface area contributed by atoms with Crippen molar-refractivity contribution in [2.24, 2.45) is 53.3 Å². The highest BCUT2D eigenvalue weighted by Crippen LogP contribution is 2.59. The summed E-state index contributed by atoms with van der Waals surface area (Å²) in [7, 11) is 0. The summed E-state index contributed by atoms with van der Waals surface area (Å²) < 4.78 is 20.7. The Kier molecular flexibility index (Phi) is 4.62. The van der Waals surface area contributed by atoms with Gasteiger partial charge in [0, 0.05) is 0 Å². The molecule has 210 valence electrons. The average Bonchev–Trinajstić information content (AvgIpc) is 2.80. The van der Waals surface area contributed by atoms with Crippen molar-refractivity contribution in [2.75, 3.05) is 0 Å². The highest BCUT2D eigenvalue weighted by atomic mass is 16.6. The predicted octanol–water partition coefficient (Wildman–Crippen LogP) is 6.91. The van der Waals surface area contributed by atoms with Gasteiger partial charge in [-0.3, -0.25) is 0 Å². The third kappa shape index (κ3) is 3.81. The van der Waals surface area contributed by atoms with Crippen molar-refractivity contribution in [3.05, 3.63) is 0 Å². The predicted molar refractivity (Wildman–Crippen MR) is 144 cm³/mol. The Morgan fingerprint density at radius 2 is 0.513 bits per heavy atom. The molecule has 1 aromatic rings. The summed E-state index contributed by atoms with van der Waals surface area (Å²) in [6.07, 6.45) is 23.1. The maximum absolute atomic E-state index is 6.92. The standard InChI is InChI=1S/C33H45N3O3/c1-19-2-21-3-20(1)11-31(10-19,12-21)37-28-34-29(38-32-13-22-4-23(14-32)6-24(5-22)15-32)36-30(35-28)39-33-16-25-7-26(17-33)9-27(8-25)18-33/h19-27H,1-18H2. The maximum Gasteiger partial charge on any atom is 0.326 e. The Morgan fingerprint density at radius 3 is 0.692 bits per heavy atom. The molecule has 0 N–H and O–H groups in total. The summed E-state index contributed by atoms with van der Waals surface area (Å²) in [5.74, 6) is 7.40. The molecule has 12 bridgehead atoms. The summed E-state index contributed by atoms with van der Waals surface area (Å²) >= 11 is 0. The fraction of sp³-hybridized carbons (Fsp3) is 0.909. The molecule has 13 rings (SSSR count). The molecule has 12 fully saturated rings. The number of nitrogens with zero attached hydrogens (tertiary/aromatic N) is 3. The largest absolute Gasteiger partial charge is 0.457 e. The average molecular weight is 532 g/mol. The van der Waals surface area contributed by atoms with E-state index < -0.39 is 0 Å². The van der Waals surface area contributed by atoms with Gasteiger partial charge in [-0.1, -0.05) is 0 Å². The van der Waals surface area contributed by atoms with Gasteiger partial charge in [0.25, 0.3) is 0 Å². The van der Waals surface area contributed by atoms with Gasteiger partial charge in [0.15, 0.2) is 0 Å². The van der Waals surface area contributed by atoms with Crippen LogP contribution in [0.5, 0.6) is 18.0 Å². The van der Waals surface area contributed by atoms with Crippen LogP contribution in [0.1, 0.15) is 116 Å². The van der Waals surface area contributed by atoms with Crippen LogP contribution in [0.2, 0.25) is 0 Å². The molecule has 0 spiro atoms. The van der Waals surface area contributed by atoms with E-state index in [4.69, 9.17) is 29.2 Å². The van der Waals surface area contributed by atoms with Crippen LogP contribution in [-0.4, -0.2) is 31.8 Å². The van der Waals surface area contributed by atoms with Gasteiger partial charge in [0.2, 0.25) is 0 Å². The van der Waals surface area contributed by atoms with Gasteiger partial charge in [0.05, 0.1) is 0 Å². The molecule has 1 heterocycles. The van der Waals surface area contributed by atoms with Crippen molar-refractivity contribution in [3.63, 3.8) is 0 Å². The lowest BCUT2D eigenvalue weighted by atomic mass is 9.54. The molecule has 0 aromatic carbocycles. The van der Waals surface area contributed by atoms with E-state index in [-0.39, 0.29) is 16.8 Å². The molecule has 39 heavy (non-hydrogen) atoms. The highest BCUT2D eigenvalue weighted by Gasteiger charge is 2.56. The molecule has 0 unspecified atom stereocenters. The third-order valence-electron chi connectivity index (χ3n) is 13.4. The van der Waals surface area contributed by atoms with Gasteiger partial charge in [0.1, 0.15) is 16.8 Å². The normalized spacial score (nSPS) is 53.4. The van der Waals surface area contributed by atoms with E-state index in [2.05, 4.69) is 0 Å². The minimum Gasteiger partial charge on any atom is -0.457 e. The van der Waals surface area contributed by atoms with Crippen LogP contribution >= 0.6 is 0 Å². The summed E-state index contributed by atoms with van der Waals surface area (Å²) in [6, 6.07) is 1.43. The van der Waals surface area contributed by atoms with Crippen LogP contribution in [-0.2, 0) is 0 Å². The molecule has 1 aromatic heterocycles. The molecular formula is C33H45N3O3. The van der Waals surface area contributed by atoms with E-state index in [1.54, 1.807) is 0 Å². The Morgan fingerprint density at radius 1 is 0.333 bits per heavy atom. The lowest BCUT2D eigenvalue weighted by Crippen LogP contribution is -2.54. The Labute approximate surface area is 232 Å². The number of aromatic nitrogens is 3. The zero-order chi connectivity index (χ0) is 25.4. The second kappa shape index (κ2) is 7.82. The summed E-state index contributed by atoms with van der Waals surface area (Å²) in [5.41, 5.74) is -0.274. The van der Waals surface area contributed by atoms with Crippen molar-refractivity contribution in [1.82, 2.24) is 15.0 Å². The molecule has 12 aliphatic rings. The molecule has 0 saturated heterocycles. The first-order valence-corrected chi connectivity index (χ1v) is 16.8. The van der Waals surface area contributed by atoms with Crippen LogP contribution in [0, 0.1) is 53.3 Å². The zero-order valence-corrected chi connectivity index (χ0v) is 23.5. The molecule has 12 aliphatic carbocycles. The molecular weight excluding hydrogens is 486 g/mol. The molecule has 0 amide bonds. The topological polar surface area (TPSA) is 66.4 Å². The van der Waals surface area contributed by atoms with Gasteiger partial charge in [-0.25, -0.2) is 0 Å². The number of rotatable bonds is 6. The van der Waals surface area contributed by atoms with Crippen molar-refractivity contribution in [3.8, 4) is 18.0 Å². The highest BCUT2D eigenvalue weighted by molar-refractivity contribution is 5.17. The lowest BCUT2D eigenvalue weighted by molar-refractivity contribution is -0.122. The maximum atomic E-state index is 6.92. The van der Waals surface area contributed by atoms with Gasteiger partial charge in [-0.05, 0) is 169 Å². The molecule has 0 radical (unpaired) electrons. The summed E-state index contributed by atoms with van der Waals surface area (Å²) in [6.45, 7) is 0. The van der Waals surface area contributed by atoms with E-state index in [0.717, 1.165) is 53.3 Å². The van der Waals surface area contributed by atoms with Gasteiger partial charge < -0.3 is 14.2 Å². The van der Waals surface area contributed by atoms with Crippen molar-refractivity contribution in [1.29, 1.82) is 0 Å². The van der Waals surface area contributed by atoms with Crippen molar-refractivity contribution < 1.29 is 14.2 Å². The Bertz CT molecular complexity index is 920. The van der Waals surface area contributed by atoms with Crippen LogP contribution in [0.3, 0.4) is 0 Å². The fourth-order valence-corrected chi connectivity index (χ4v) is 13.5. The van der Waals surface area contributed by atoms with Gasteiger partial charge in [-0.15, -0.1) is 15.0 Å². The van der Waals surface area contributed by atoms with Crippen molar-refractivity contribution >= 4 is 0 Å². The molecule has 0 atom stereocenters. The smallest absolute Gasteiger partial charge is 0.326 e. The minimum atomic E-state index is -0.0913. The monoisotopic (exact) mass is 531 g/mol. The number of hydrogen-bond donors (Lipinski definition) is 0. The number of hydrogen-bond acceptors (Lipinski definition) is 6.